The van der Waals surface area contributed by atoms with E-state index in [1.54, 1.807) is 25.0 Å². The summed E-state index contributed by atoms with van der Waals surface area (Å²) in [6, 6.07) is 20.0. The van der Waals surface area contributed by atoms with Gasteiger partial charge >= 0.3 is 5.97 Å². The summed E-state index contributed by atoms with van der Waals surface area (Å²) in [5.74, 6) is 0.0851. The van der Waals surface area contributed by atoms with Crippen LogP contribution < -0.4 is 15.4 Å². The topological polar surface area (TPSA) is 104 Å². The van der Waals surface area contributed by atoms with Gasteiger partial charge in [-0.25, -0.2) is 9.78 Å². The highest BCUT2D eigenvalue weighted by Crippen LogP contribution is 2.33. The van der Waals surface area contributed by atoms with E-state index >= 15 is 0 Å². The molecule has 2 N–H and O–H groups in total. The largest absolute Gasteiger partial charge is 0.497 e. The lowest BCUT2D eigenvalue weighted by molar-refractivity contribution is -0.116. The Balaban J connectivity index is 1.58. The van der Waals surface area contributed by atoms with Crippen LogP contribution in [0.2, 0.25) is 0 Å². The summed E-state index contributed by atoms with van der Waals surface area (Å²) in [5, 5.41) is 7.17. The maximum atomic E-state index is 13.1. The molecule has 9 heteroatoms. The zero-order valence-electron chi connectivity index (χ0n) is 24.1. The molecule has 0 aliphatic heterocycles. The van der Waals surface area contributed by atoms with Crippen LogP contribution >= 0.6 is 0 Å². The lowest BCUT2D eigenvalue weighted by atomic mass is 10.1. The number of aromatic nitrogens is 2. The maximum Gasteiger partial charge on any atom is 0.356 e. The van der Waals surface area contributed by atoms with Gasteiger partial charge in [0.1, 0.15) is 11.4 Å². The molecule has 1 atom stereocenters. The Hall–Kier alpha value is -4.37. The fourth-order valence-electron chi connectivity index (χ4n) is 4.78. The molecule has 0 bridgehead atoms. The second-order valence-electron chi connectivity index (χ2n) is 9.92. The van der Waals surface area contributed by atoms with Crippen molar-refractivity contribution in [1.29, 1.82) is 0 Å². The van der Waals surface area contributed by atoms with Crippen LogP contribution in [-0.4, -0.2) is 55.4 Å². The van der Waals surface area contributed by atoms with E-state index in [1.165, 1.54) is 12.7 Å². The maximum absolute atomic E-state index is 13.1. The van der Waals surface area contributed by atoms with Crippen LogP contribution in [0.5, 0.6) is 5.75 Å². The van der Waals surface area contributed by atoms with Gasteiger partial charge in [-0.3, -0.25) is 4.79 Å². The first-order valence-electron chi connectivity index (χ1n) is 13.8. The van der Waals surface area contributed by atoms with Crippen molar-refractivity contribution in [3.05, 3.63) is 83.7 Å². The zero-order valence-corrected chi connectivity index (χ0v) is 24.1. The van der Waals surface area contributed by atoms with Crippen LogP contribution in [0.4, 0.5) is 11.4 Å². The summed E-state index contributed by atoms with van der Waals surface area (Å²) < 4.78 is 17.4. The van der Waals surface area contributed by atoms with Gasteiger partial charge in [-0.15, -0.1) is 0 Å². The van der Waals surface area contributed by atoms with Crippen LogP contribution in [-0.2, 0) is 33.7 Å². The number of amides is 1. The highest BCUT2D eigenvalue weighted by Gasteiger charge is 2.26. The van der Waals surface area contributed by atoms with Crippen molar-refractivity contribution >= 4 is 34.3 Å². The standard InChI is InChI=1S/C32H38N4O5/c1-22(10-11-24-12-15-26(40-3)16-13-24)34-25-20-27-29(35-28(37)17-14-23-8-6-5-7-9-23)30(32(38)41-4)36(18-19-39-2)31(27)33-21-25/h5-9,12-13,15-16,20-22,34H,10-11,14,17-19H2,1-4H3,(H,35,37)/t22-/m0/s1. The van der Waals surface area contributed by atoms with Crippen LogP contribution in [0.25, 0.3) is 11.0 Å². The van der Waals surface area contributed by atoms with Crippen molar-refractivity contribution < 1.29 is 23.8 Å². The third-order valence-electron chi connectivity index (χ3n) is 6.98. The molecule has 1 amide bonds. The summed E-state index contributed by atoms with van der Waals surface area (Å²) in [6.45, 7) is 2.85. The number of carbonyl (C=O) groups excluding carboxylic acids is 2. The summed E-state index contributed by atoms with van der Waals surface area (Å²) in [5.41, 5.74) is 4.28. The molecule has 0 saturated carbocycles. The molecule has 2 heterocycles. The third kappa shape index (κ3) is 7.64. The van der Waals surface area contributed by atoms with Crippen molar-refractivity contribution in [2.24, 2.45) is 0 Å². The minimum absolute atomic E-state index is 0.149. The number of benzene rings is 2. The van der Waals surface area contributed by atoms with E-state index in [-0.39, 0.29) is 24.1 Å². The van der Waals surface area contributed by atoms with Gasteiger partial charge < -0.3 is 29.4 Å². The van der Waals surface area contributed by atoms with Gasteiger partial charge in [-0.05, 0) is 55.5 Å². The molecular formula is C32H38N4O5. The Morgan fingerprint density at radius 3 is 2.39 bits per heavy atom. The van der Waals surface area contributed by atoms with Crippen LogP contribution in [0.3, 0.4) is 0 Å². The van der Waals surface area contributed by atoms with Gasteiger partial charge in [0.2, 0.25) is 5.91 Å². The molecule has 216 valence electrons. The second kappa shape index (κ2) is 14.3. The Morgan fingerprint density at radius 2 is 1.71 bits per heavy atom. The van der Waals surface area contributed by atoms with Gasteiger partial charge in [-0.2, -0.15) is 0 Å². The van der Waals surface area contributed by atoms with Gasteiger partial charge in [0.05, 0.1) is 38.4 Å². The van der Waals surface area contributed by atoms with Gasteiger partial charge in [0, 0.05) is 31.5 Å². The predicted octanol–water partition coefficient (Wildman–Crippen LogP) is 5.48. The van der Waals surface area contributed by atoms with Crippen molar-refractivity contribution in [2.75, 3.05) is 38.6 Å². The number of hydrogen-bond acceptors (Lipinski definition) is 7. The first kappa shape index (κ1) is 29.6. The number of rotatable bonds is 14. The molecule has 0 fully saturated rings. The molecule has 0 aliphatic rings. The number of anilines is 2. The molecule has 9 nitrogen and oxygen atoms in total. The Morgan fingerprint density at radius 1 is 0.976 bits per heavy atom. The van der Waals surface area contributed by atoms with E-state index in [9.17, 15) is 9.59 Å². The summed E-state index contributed by atoms with van der Waals surface area (Å²) in [6.07, 6.45) is 4.40. The smallest absolute Gasteiger partial charge is 0.356 e. The Kier molecular flexibility index (Phi) is 10.3. The number of nitrogens with zero attached hydrogens (tertiary/aromatic N) is 2. The number of pyridine rings is 1. The second-order valence-corrected chi connectivity index (χ2v) is 9.92. The SMILES string of the molecule is COCCn1c(C(=O)OC)c(NC(=O)CCc2ccccc2)c2cc(N[C@@H](C)CCc3ccc(OC)cc3)cnc21. The Bertz CT molecular complexity index is 1450. The van der Waals surface area contributed by atoms with Crippen LogP contribution in [0.1, 0.15) is 41.4 Å². The molecule has 4 rings (SSSR count). The van der Waals surface area contributed by atoms with Crippen molar-refractivity contribution in [1.82, 2.24) is 9.55 Å². The molecule has 41 heavy (non-hydrogen) atoms. The van der Waals surface area contributed by atoms with Gasteiger partial charge in [0.15, 0.2) is 5.69 Å². The fraction of sp³-hybridized carbons (Fsp3) is 0.344. The number of ether oxygens (including phenoxy) is 3. The average molecular weight is 559 g/mol. The minimum Gasteiger partial charge on any atom is -0.497 e. The molecule has 4 aromatic rings. The van der Waals surface area contributed by atoms with E-state index in [0.717, 1.165) is 29.8 Å². The number of hydrogen-bond donors (Lipinski definition) is 2. The van der Waals surface area contributed by atoms with Crippen LogP contribution in [0, 0.1) is 0 Å². The highest BCUT2D eigenvalue weighted by atomic mass is 16.5. The van der Waals surface area contributed by atoms with Crippen molar-refractivity contribution in [3.63, 3.8) is 0 Å². The fourth-order valence-corrected chi connectivity index (χ4v) is 4.78. The summed E-state index contributed by atoms with van der Waals surface area (Å²) in [7, 11) is 4.58. The lowest BCUT2D eigenvalue weighted by Crippen LogP contribution is -2.18. The number of aryl methyl sites for hydroxylation is 2. The molecule has 2 aromatic heterocycles. The van der Waals surface area contributed by atoms with Crippen molar-refractivity contribution in [3.8, 4) is 5.75 Å². The molecule has 0 spiro atoms. The highest BCUT2D eigenvalue weighted by molar-refractivity contribution is 6.11. The number of esters is 1. The number of methoxy groups -OCH3 is 3. The quantitative estimate of drug-likeness (QED) is 0.198. The minimum atomic E-state index is -0.556. The predicted molar refractivity (Wildman–Crippen MR) is 161 cm³/mol. The number of carbonyl (C=O) groups is 2. The van der Waals surface area contributed by atoms with Gasteiger partial charge in [0.25, 0.3) is 0 Å². The normalized spacial score (nSPS) is 11.7. The van der Waals surface area contributed by atoms with Crippen molar-refractivity contribution in [2.45, 2.75) is 45.2 Å². The molecule has 0 radical (unpaired) electrons. The summed E-state index contributed by atoms with van der Waals surface area (Å²) in [4.78, 5) is 30.8. The molecule has 0 aliphatic carbocycles. The third-order valence-corrected chi connectivity index (χ3v) is 6.98. The zero-order chi connectivity index (χ0) is 29.2. The van der Waals surface area contributed by atoms with E-state index in [1.807, 2.05) is 48.5 Å². The first-order valence-corrected chi connectivity index (χ1v) is 13.8. The number of fused-ring (bicyclic) bond motifs is 1. The lowest BCUT2D eigenvalue weighted by Gasteiger charge is -2.15. The molecule has 0 unspecified atom stereocenters. The van der Waals surface area contributed by atoms with Gasteiger partial charge in [-0.1, -0.05) is 42.5 Å². The molecule has 2 aromatic carbocycles. The monoisotopic (exact) mass is 558 g/mol. The van der Waals surface area contributed by atoms with E-state index < -0.39 is 5.97 Å². The van der Waals surface area contributed by atoms with E-state index in [4.69, 9.17) is 19.2 Å². The molecule has 0 saturated heterocycles. The first-order chi connectivity index (χ1) is 19.9. The van der Waals surface area contributed by atoms with Crippen LogP contribution in [0.15, 0.2) is 66.9 Å². The molecular weight excluding hydrogens is 520 g/mol. The summed E-state index contributed by atoms with van der Waals surface area (Å²) >= 11 is 0. The Labute approximate surface area is 240 Å². The van der Waals surface area contributed by atoms with E-state index in [0.29, 0.717) is 36.3 Å². The average Bonchev–Trinajstić information content (AvgIpc) is 3.30. The number of nitrogens with one attached hydrogen (secondary N) is 2. The van der Waals surface area contributed by atoms with E-state index in [2.05, 4.69) is 29.7 Å².